The highest BCUT2D eigenvalue weighted by Gasteiger charge is 2.19. The summed E-state index contributed by atoms with van der Waals surface area (Å²) in [7, 11) is 0. The van der Waals surface area contributed by atoms with Gasteiger partial charge in [0.05, 0.1) is 0 Å². The minimum Gasteiger partial charge on any atom is -0.314 e. The van der Waals surface area contributed by atoms with Gasteiger partial charge in [-0.05, 0) is 50.1 Å². The van der Waals surface area contributed by atoms with E-state index < -0.39 is 0 Å². The van der Waals surface area contributed by atoms with Crippen molar-refractivity contribution < 1.29 is 0 Å². The topological polar surface area (TPSA) is 12.0 Å². The van der Waals surface area contributed by atoms with Crippen molar-refractivity contribution in [2.45, 2.75) is 44.6 Å². The molecule has 2 heteroatoms. The third kappa shape index (κ3) is 3.81. The number of rotatable bonds is 7. The Labute approximate surface area is 90.5 Å². The fraction of sp³-hybridized carbons (Fsp3) is 0.667. The first-order valence-electron chi connectivity index (χ1n) is 5.71. The maximum Gasteiger partial charge on any atom is 0.00682 e. The second kappa shape index (κ2) is 5.52. The van der Waals surface area contributed by atoms with E-state index in [4.69, 9.17) is 0 Å². The summed E-state index contributed by atoms with van der Waals surface area (Å²) in [6.45, 7) is 1.23. The van der Waals surface area contributed by atoms with E-state index in [9.17, 15) is 0 Å². The molecule has 1 aromatic rings. The van der Waals surface area contributed by atoms with Gasteiger partial charge in [-0.1, -0.05) is 12.5 Å². The maximum absolute atomic E-state index is 3.55. The Hall–Kier alpha value is -0.340. The van der Waals surface area contributed by atoms with Crippen LogP contribution in [0.2, 0.25) is 0 Å². The second-order valence-corrected chi connectivity index (χ2v) is 5.15. The summed E-state index contributed by atoms with van der Waals surface area (Å²) in [5.74, 6) is 0. The van der Waals surface area contributed by atoms with Crippen molar-refractivity contribution >= 4 is 11.3 Å². The van der Waals surface area contributed by atoms with Gasteiger partial charge in [0.1, 0.15) is 0 Å². The van der Waals surface area contributed by atoms with Crippen molar-refractivity contribution in [3.05, 3.63) is 22.4 Å². The first kappa shape index (κ1) is 10.2. The summed E-state index contributed by atoms with van der Waals surface area (Å²) < 4.78 is 0. The molecule has 1 nitrogen and oxygen atoms in total. The molecule has 2 rings (SSSR count). The molecule has 78 valence electrons. The van der Waals surface area contributed by atoms with E-state index in [1.807, 2.05) is 11.3 Å². The molecule has 14 heavy (non-hydrogen) atoms. The Morgan fingerprint density at radius 2 is 2.21 bits per heavy atom. The predicted octanol–water partition coefficient (Wildman–Crippen LogP) is 3.21. The van der Waals surface area contributed by atoms with Gasteiger partial charge in [-0.2, -0.15) is 0 Å². The van der Waals surface area contributed by atoms with Crippen LogP contribution in [0.1, 0.15) is 37.0 Å². The van der Waals surface area contributed by atoms with Crippen LogP contribution in [-0.2, 0) is 6.42 Å². The fourth-order valence-corrected chi connectivity index (χ4v) is 2.40. The van der Waals surface area contributed by atoms with Gasteiger partial charge in [-0.15, -0.1) is 11.3 Å². The average molecular weight is 209 g/mol. The van der Waals surface area contributed by atoms with Gasteiger partial charge in [0.15, 0.2) is 0 Å². The molecule has 0 saturated heterocycles. The lowest BCUT2D eigenvalue weighted by molar-refractivity contribution is 0.601. The summed E-state index contributed by atoms with van der Waals surface area (Å²) in [5.41, 5.74) is 0. The van der Waals surface area contributed by atoms with Crippen LogP contribution in [0.3, 0.4) is 0 Å². The third-order valence-electron chi connectivity index (χ3n) is 2.69. The normalized spacial score (nSPS) is 16.0. The standard InChI is InChI=1S/C12H19NS/c1(3-9-13-11-7-8-11)2-5-12-6-4-10-14-12/h4,6,10-11,13H,1-3,5,7-9H2. The zero-order valence-electron chi connectivity index (χ0n) is 8.67. The Morgan fingerprint density at radius 1 is 1.29 bits per heavy atom. The fourth-order valence-electron chi connectivity index (χ4n) is 1.65. The maximum atomic E-state index is 3.55. The van der Waals surface area contributed by atoms with E-state index in [0.717, 1.165) is 6.04 Å². The number of aryl methyl sites for hydroxylation is 1. The van der Waals surface area contributed by atoms with Crippen LogP contribution < -0.4 is 5.32 Å². The van der Waals surface area contributed by atoms with Gasteiger partial charge in [0.2, 0.25) is 0 Å². The van der Waals surface area contributed by atoms with Crippen LogP contribution in [0.15, 0.2) is 17.5 Å². The van der Waals surface area contributed by atoms with E-state index in [-0.39, 0.29) is 0 Å². The first-order valence-corrected chi connectivity index (χ1v) is 6.59. The summed E-state index contributed by atoms with van der Waals surface area (Å²) in [6.07, 6.45) is 8.18. The molecule has 1 N–H and O–H groups in total. The minimum absolute atomic E-state index is 0.882. The molecular formula is C12H19NS. The van der Waals surface area contributed by atoms with Crippen LogP contribution in [-0.4, -0.2) is 12.6 Å². The van der Waals surface area contributed by atoms with E-state index in [2.05, 4.69) is 22.8 Å². The van der Waals surface area contributed by atoms with Crippen molar-refractivity contribution in [2.24, 2.45) is 0 Å². The molecule has 1 aliphatic carbocycles. The predicted molar refractivity (Wildman–Crippen MR) is 62.9 cm³/mol. The molecule has 0 aliphatic heterocycles. The quantitative estimate of drug-likeness (QED) is 0.680. The molecule has 0 spiro atoms. The van der Waals surface area contributed by atoms with E-state index in [1.54, 1.807) is 4.88 Å². The Morgan fingerprint density at radius 3 is 2.93 bits per heavy atom. The number of thiophene rings is 1. The van der Waals surface area contributed by atoms with Gasteiger partial charge < -0.3 is 5.32 Å². The lowest BCUT2D eigenvalue weighted by atomic mass is 10.2. The van der Waals surface area contributed by atoms with Crippen molar-refractivity contribution in [3.63, 3.8) is 0 Å². The molecule has 0 aromatic carbocycles. The third-order valence-corrected chi connectivity index (χ3v) is 3.63. The zero-order chi connectivity index (χ0) is 9.64. The molecule has 0 unspecified atom stereocenters. The van der Waals surface area contributed by atoms with Gasteiger partial charge in [-0.3, -0.25) is 0 Å². The first-order chi connectivity index (χ1) is 6.95. The molecular weight excluding hydrogens is 190 g/mol. The van der Waals surface area contributed by atoms with Crippen LogP contribution >= 0.6 is 11.3 Å². The van der Waals surface area contributed by atoms with Gasteiger partial charge >= 0.3 is 0 Å². The average Bonchev–Trinajstić information content (AvgIpc) is 2.87. The van der Waals surface area contributed by atoms with E-state index in [0.29, 0.717) is 0 Å². The van der Waals surface area contributed by atoms with Crippen molar-refractivity contribution in [1.82, 2.24) is 5.32 Å². The lowest BCUT2D eigenvalue weighted by Crippen LogP contribution is -2.17. The minimum atomic E-state index is 0.882. The smallest absolute Gasteiger partial charge is 0.00682 e. The summed E-state index contributed by atoms with van der Waals surface area (Å²) in [6, 6.07) is 5.27. The van der Waals surface area contributed by atoms with E-state index in [1.165, 1.54) is 45.1 Å². The van der Waals surface area contributed by atoms with Crippen LogP contribution in [0.5, 0.6) is 0 Å². The molecule has 1 saturated carbocycles. The molecule has 1 fully saturated rings. The molecule has 0 radical (unpaired) electrons. The number of nitrogens with one attached hydrogen (secondary N) is 1. The lowest BCUT2D eigenvalue weighted by Gasteiger charge is -2.01. The van der Waals surface area contributed by atoms with Crippen molar-refractivity contribution in [3.8, 4) is 0 Å². The Balaban J connectivity index is 1.43. The Bertz CT molecular complexity index is 239. The highest BCUT2D eigenvalue weighted by atomic mass is 32.1. The highest BCUT2D eigenvalue weighted by Crippen LogP contribution is 2.18. The Kier molecular flexibility index (Phi) is 4.02. The number of unbranched alkanes of at least 4 members (excludes halogenated alkanes) is 2. The monoisotopic (exact) mass is 209 g/mol. The second-order valence-electron chi connectivity index (χ2n) is 4.12. The summed E-state index contributed by atoms with van der Waals surface area (Å²) in [4.78, 5) is 1.54. The molecule has 1 heterocycles. The van der Waals surface area contributed by atoms with Crippen molar-refractivity contribution in [2.75, 3.05) is 6.54 Å². The molecule has 1 aliphatic rings. The largest absolute Gasteiger partial charge is 0.314 e. The van der Waals surface area contributed by atoms with Gasteiger partial charge in [-0.25, -0.2) is 0 Å². The number of hydrogen-bond donors (Lipinski definition) is 1. The van der Waals surface area contributed by atoms with Crippen LogP contribution in [0.25, 0.3) is 0 Å². The van der Waals surface area contributed by atoms with Crippen LogP contribution in [0.4, 0.5) is 0 Å². The van der Waals surface area contributed by atoms with Crippen LogP contribution in [0, 0.1) is 0 Å². The SMILES string of the molecule is c1csc(CCCCCNC2CC2)c1. The molecule has 0 amide bonds. The van der Waals surface area contributed by atoms with Gasteiger partial charge in [0, 0.05) is 10.9 Å². The summed E-state index contributed by atoms with van der Waals surface area (Å²) >= 11 is 1.89. The molecule has 0 bridgehead atoms. The zero-order valence-corrected chi connectivity index (χ0v) is 9.48. The number of hydrogen-bond acceptors (Lipinski definition) is 2. The molecule has 0 atom stereocenters. The summed E-state index contributed by atoms with van der Waals surface area (Å²) in [5, 5.41) is 5.72. The van der Waals surface area contributed by atoms with Gasteiger partial charge in [0.25, 0.3) is 0 Å². The highest BCUT2D eigenvalue weighted by molar-refractivity contribution is 7.09. The van der Waals surface area contributed by atoms with E-state index >= 15 is 0 Å². The van der Waals surface area contributed by atoms with Crippen molar-refractivity contribution in [1.29, 1.82) is 0 Å². The molecule has 1 aromatic heterocycles.